The zero-order valence-corrected chi connectivity index (χ0v) is 14.2. The molecule has 7 nitrogen and oxygen atoms in total. The van der Waals surface area contributed by atoms with Crippen molar-refractivity contribution in [2.75, 3.05) is 10.6 Å². The number of amides is 4. The lowest BCUT2D eigenvalue weighted by Gasteiger charge is -2.04. The van der Waals surface area contributed by atoms with Crippen LogP contribution in [0.3, 0.4) is 0 Å². The van der Waals surface area contributed by atoms with Crippen LogP contribution < -0.4 is 22.1 Å². The molecule has 1 aromatic heterocycles. The van der Waals surface area contributed by atoms with Crippen molar-refractivity contribution in [2.24, 2.45) is 11.5 Å². The lowest BCUT2D eigenvalue weighted by atomic mass is 10.1. The maximum atomic E-state index is 12.6. The van der Waals surface area contributed by atoms with E-state index in [0.29, 0.717) is 17.0 Å². The van der Waals surface area contributed by atoms with E-state index in [1.165, 1.54) is 6.07 Å². The molecular weight excluding hydrogens is 340 g/mol. The first-order chi connectivity index (χ1) is 11.9. The molecule has 0 atom stereocenters. The Morgan fingerprint density at radius 1 is 1.12 bits per heavy atom. The molecule has 0 radical (unpaired) electrons. The van der Waals surface area contributed by atoms with Gasteiger partial charge in [-0.1, -0.05) is 35.6 Å². The largest absolute Gasteiger partial charge is 0.366 e. The highest BCUT2D eigenvalue weighted by Crippen LogP contribution is 2.35. The zero-order chi connectivity index (χ0) is 18.1. The fourth-order valence-electron chi connectivity index (χ4n) is 2.80. The Kier molecular flexibility index (Phi) is 4.28. The SMILES string of the molecule is CC1=C(C(=O)Nc2cc(C(N)=O)c(NC(N)=O)s2)Cc2ccccc21. The van der Waals surface area contributed by atoms with Crippen LogP contribution in [0, 0.1) is 0 Å². The average molecular weight is 356 g/mol. The predicted octanol–water partition coefficient (Wildman–Crippen LogP) is 2.31. The summed E-state index contributed by atoms with van der Waals surface area (Å²) in [6.45, 7) is 1.91. The lowest BCUT2D eigenvalue weighted by Crippen LogP contribution is -2.21. The molecule has 0 fully saturated rings. The summed E-state index contributed by atoms with van der Waals surface area (Å²) in [4.78, 5) is 35.1. The molecule has 8 heteroatoms. The van der Waals surface area contributed by atoms with Crippen LogP contribution in [0.5, 0.6) is 0 Å². The van der Waals surface area contributed by atoms with Gasteiger partial charge in [-0.05, 0) is 29.7 Å². The number of urea groups is 1. The molecule has 2 aromatic rings. The fourth-order valence-corrected chi connectivity index (χ4v) is 3.77. The minimum atomic E-state index is -0.813. The van der Waals surface area contributed by atoms with E-state index < -0.39 is 11.9 Å². The van der Waals surface area contributed by atoms with E-state index in [0.717, 1.165) is 28.0 Å². The Bertz CT molecular complexity index is 930. The Morgan fingerprint density at radius 3 is 2.48 bits per heavy atom. The molecule has 1 aliphatic rings. The Balaban J connectivity index is 1.84. The molecule has 25 heavy (non-hydrogen) atoms. The van der Waals surface area contributed by atoms with Gasteiger partial charge >= 0.3 is 6.03 Å². The summed E-state index contributed by atoms with van der Waals surface area (Å²) in [6.07, 6.45) is 0.550. The van der Waals surface area contributed by atoms with Crippen LogP contribution in [0.4, 0.5) is 14.8 Å². The second kappa shape index (κ2) is 6.40. The Hall–Kier alpha value is -3.13. The van der Waals surface area contributed by atoms with Crippen molar-refractivity contribution in [3.63, 3.8) is 0 Å². The summed E-state index contributed by atoms with van der Waals surface area (Å²) >= 11 is 1.02. The van der Waals surface area contributed by atoms with Crippen molar-refractivity contribution in [2.45, 2.75) is 13.3 Å². The standard InChI is InChI=1S/C17H16N4O3S/c1-8-10-5-3-2-4-9(10)6-11(8)15(23)20-13-7-12(14(18)22)16(25-13)21-17(19)24/h2-5,7H,6H2,1H3,(H2,18,22)(H,20,23)(H3,19,21,24). The monoisotopic (exact) mass is 356 g/mol. The summed E-state index contributed by atoms with van der Waals surface area (Å²) < 4.78 is 0. The lowest BCUT2D eigenvalue weighted by molar-refractivity contribution is -0.112. The van der Waals surface area contributed by atoms with Crippen molar-refractivity contribution in [1.29, 1.82) is 0 Å². The number of hydrogen-bond acceptors (Lipinski definition) is 4. The topological polar surface area (TPSA) is 127 Å². The van der Waals surface area contributed by atoms with Crippen molar-refractivity contribution >= 4 is 44.8 Å². The quantitative estimate of drug-likeness (QED) is 0.671. The van der Waals surface area contributed by atoms with Crippen LogP contribution in [0.1, 0.15) is 28.4 Å². The first kappa shape index (κ1) is 16.7. The summed E-state index contributed by atoms with van der Waals surface area (Å²) in [5, 5.41) is 5.70. The normalized spacial score (nSPS) is 12.7. The minimum Gasteiger partial charge on any atom is -0.366 e. The van der Waals surface area contributed by atoms with E-state index in [1.807, 2.05) is 31.2 Å². The molecule has 0 saturated carbocycles. The number of anilines is 2. The highest BCUT2D eigenvalue weighted by molar-refractivity contribution is 7.20. The van der Waals surface area contributed by atoms with Gasteiger partial charge in [0.15, 0.2) is 0 Å². The third kappa shape index (κ3) is 3.24. The highest BCUT2D eigenvalue weighted by atomic mass is 32.1. The van der Waals surface area contributed by atoms with Crippen molar-refractivity contribution in [1.82, 2.24) is 0 Å². The van der Waals surface area contributed by atoms with Gasteiger partial charge in [0.25, 0.3) is 11.8 Å². The number of nitrogens with one attached hydrogen (secondary N) is 2. The molecule has 0 aliphatic heterocycles. The maximum Gasteiger partial charge on any atom is 0.317 e. The molecule has 4 amide bonds. The zero-order valence-electron chi connectivity index (χ0n) is 13.4. The molecule has 0 bridgehead atoms. The van der Waals surface area contributed by atoms with E-state index in [9.17, 15) is 14.4 Å². The Labute approximate surface area is 147 Å². The van der Waals surface area contributed by atoms with E-state index in [-0.39, 0.29) is 16.5 Å². The minimum absolute atomic E-state index is 0.0968. The molecule has 6 N–H and O–H groups in total. The van der Waals surface area contributed by atoms with Crippen molar-refractivity contribution < 1.29 is 14.4 Å². The number of thiophene rings is 1. The van der Waals surface area contributed by atoms with Gasteiger partial charge in [-0.25, -0.2) is 4.79 Å². The number of rotatable bonds is 4. The predicted molar refractivity (Wildman–Crippen MR) is 97.4 cm³/mol. The van der Waals surface area contributed by atoms with Crippen LogP contribution in [0.2, 0.25) is 0 Å². The molecule has 0 unspecified atom stereocenters. The number of allylic oxidation sites excluding steroid dienone is 1. The molecule has 0 saturated heterocycles. The second-order valence-corrected chi connectivity index (χ2v) is 6.65. The van der Waals surface area contributed by atoms with Gasteiger partial charge in [0.1, 0.15) is 5.00 Å². The number of primary amides is 2. The van der Waals surface area contributed by atoms with Gasteiger partial charge in [-0.2, -0.15) is 0 Å². The van der Waals surface area contributed by atoms with Crippen LogP contribution in [0.15, 0.2) is 35.9 Å². The molecule has 128 valence electrons. The van der Waals surface area contributed by atoms with E-state index in [1.54, 1.807) is 0 Å². The van der Waals surface area contributed by atoms with E-state index in [4.69, 9.17) is 11.5 Å². The molecule has 1 aromatic carbocycles. The van der Waals surface area contributed by atoms with Crippen LogP contribution >= 0.6 is 11.3 Å². The van der Waals surface area contributed by atoms with Crippen LogP contribution in [0.25, 0.3) is 5.57 Å². The first-order valence-corrected chi connectivity index (χ1v) is 8.28. The molecular formula is C17H16N4O3S. The number of benzene rings is 1. The number of carbonyl (C=O) groups excluding carboxylic acids is 3. The Morgan fingerprint density at radius 2 is 1.84 bits per heavy atom. The van der Waals surface area contributed by atoms with E-state index in [2.05, 4.69) is 10.6 Å². The average Bonchev–Trinajstić information content (AvgIpc) is 3.08. The van der Waals surface area contributed by atoms with E-state index >= 15 is 0 Å². The summed E-state index contributed by atoms with van der Waals surface area (Å²) in [5.74, 6) is -0.972. The number of fused-ring (bicyclic) bond motifs is 1. The smallest absolute Gasteiger partial charge is 0.317 e. The van der Waals surface area contributed by atoms with Gasteiger partial charge in [-0.15, -0.1) is 0 Å². The summed E-state index contributed by atoms with van der Waals surface area (Å²) in [5.41, 5.74) is 14.2. The fraction of sp³-hybridized carbons (Fsp3) is 0.118. The number of hydrogen-bond donors (Lipinski definition) is 4. The summed E-state index contributed by atoms with van der Waals surface area (Å²) in [7, 11) is 0. The molecule has 1 aliphatic carbocycles. The van der Waals surface area contributed by atoms with Gasteiger partial charge in [0.05, 0.1) is 10.6 Å². The third-order valence-corrected chi connectivity index (χ3v) is 4.95. The van der Waals surface area contributed by atoms with Crippen molar-refractivity contribution in [3.8, 4) is 0 Å². The summed E-state index contributed by atoms with van der Waals surface area (Å²) in [6, 6.07) is 8.46. The van der Waals surface area contributed by atoms with Crippen molar-refractivity contribution in [3.05, 3.63) is 52.6 Å². The van der Waals surface area contributed by atoms with Gasteiger partial charge < -0.3 is 16.8 Å². The number of nitrogens with two attached hydrogens (primary N) is 2. The molecule has 3 rings (SSSR count). The van der Waals surface area contributed by atoms with Gasteiger partial charge in [0, 0.05) is 12.0 Å². The van der Waals surface area contributed by atoms with Gasteiger partial charge in [0.2, 0.25) is 0 Å². The van der Waals surface area contributed by atoms with Gasteiger partial charge in [-0.3, -0.25) is 14.9 Å². The molecule has 1 heterocycles. The first-order valence-electron chi connectivity index (χ1n) is 7.46. The highest BCUT2D eigenvalue weighted by Gasteiger charge is 2.24. The van der Waals surface area contributed by atoms with Crippen LogP contribution in [-0.2, 0) is 11.2 Å². The van der Waals surface area contributed by atoms with Crippen LogP contribution in [-0.4, -0.2) is 17.8 Å². The number of carbonyl (C=O) groups is 3. The third-order valence-electron chi connectivity index (χ3n) is 3.99. The second-order valence-electron chi connectivity index (χ2n) is 5.60. The molecule has 0 spiro atoms. The maximum absolute atomic E-state index is 12.6.